The molecule has 1 amide bonds. The topological polar surface area (TPSA) is 53.0 Å². The maximum absolute atomic E-state index is 13.0. The Bertz CT molecular complexity index is 545. The van der Waals surface area contributed by atoms with Gasteiger partial charge in [-0.1, -0.05) is 12.1 Å². The van der Waals surface area contributed by atoms with Crippen LogP contribution >= 0.6 is 0 Å². The third-order valence-corrected chi connectivity index (χ3v) is 4.58. The highest BCUT2D eigenvalue weighted by atomic mass is 19.1. The van der Waals surface area contributed by atoms with Gasteiger partial charge in [-0.2, -0.15) is 0 Å². The van der Waals surface area contributed by atoms with Crippen molar-refractivity contribution in [1.82, 2.24) is 9.80 Å². The van der Waals surface area contributed by atoms with Crippen LogP contribution in [-0.4, -0.2) is 65.8 Å². The summed E-state index contributed by atoms with van der Waals surface area (Å²) in [4.78, 5) is 16.5. The molecule has 6 heteroatoms. The van der Waals surface area contributed by atoms with Gasteiger partial charge in [0.25, 0.3) is 5.91 Å². The van der Waals surface area contributed by atoms with Gasteiger partial charge in [-0.15, -0.1) is 0 Å². The molecule has 2 heterocycles. The van der Waals surface area contributed by atoms with Crippen LogP contribution in [0.5, 0.6) is 0 Å². The number of nitrogens with zero attached hydrogens (tertiary/aromatic N) is 2. The van der Waals surface area contributed by atoms with Crippen molar-refractivity contribution in [2.45, 2.75) is 25.0 Å². The van der Waals surface area contributed by atoms with Gasteiger partial charge in [0.1, 0.15) is 5.82 Å². The van der Waals surface area contributed by atoms with E-state index >= 15 is 0 Å². The number of amides is 1. The van der Waals surface area contributed by atoms with Crippen molar-refractivity contribution in [3.63, 3.8) is 0 Å². The van der Waals surface area contributed by atoms with Crippen LogP contribution in [0.4, 0.5) is 4.39 Å². The maximum atomic E-state index is 13.0. The van der Waals surface area contributed by atoms with Crippen molar-refractivity contribution in [2.75, 3.05) is 39.4 Å². The zero-order valence-corrected chi connectivity index (χ0v) is 13.2. The van der Waals surface area contributed by atoms with E-state index in [0.29, 0.717) is 39.3 Å². The molecule has 1 aromatic carbocycles. The number of ether oxygens (including phenoxy) is 1. The Balaban J connectivity index is 1.65. The summed E-state index contributed by atoms with van der Waals surface area (Å²) in [5, 5.41) is 10.9. The van der Waals surface area contributed by atoms with Crippen LogP contribution in [0.2, 0.25) is 0 Å². The number of likely N-dealkylation sites (tertiary alicyclic amines) is 1. The maximum Gasteiger partial charge on any atom is 0.256 e. The quantitative estimate of drug-likeness (QED) is 0.899. The first-order valence-corrected chi connectivity index (χ1v) is 8.13. The monoisotopic (exact) mass is 322 g/mol. The number of morpholine rings is 1. The highest BCUT2D eigenvalue weighted by Gasteiger charge is 2.43. The largest absolute Gasteiger partial charge is 0.379 e. The van der Waals surface area contributed by atoms with Gasteiger partial charge in [-0.25, -0.2) is 4.39 Å². The summed E-state index contributed by atoms with van der Waals surface area (Å²) in [5.41, 5.74) is -0.453. The van der Waals surface area contributed by atoms with Crippen molar-refractivity contribution >= 4 is 5.91 Å². The molecule has 1 N–H and O–H groups in total. The second kappa shape index (κ2) is 6.95. The lowest BCUT2D eigenvalue weighted by Gasteiger charge is -2.41. The molecular formula is C17H23FN2O3. The molecule has 126 valence electrons. The predicted octanol–water partition coefficient (Wildman–Crippen LogP) is 1.01. The van der Waals surface area contributed by atoms with E-state index in [2.05, 4.69) is 4.90 Å². The number of benzene rings is 1. The van der Waals surface area contributed by atoms with E-state index in [1.54, 1.807) is 17.0 Å². The average Bonchev–Trinajstić information content (AvgIpc) is 2.55. The standard InChI is InChI=1S/C17H23FN2O3/c18-15-4-2-14(3-5-15)12-20-7-1-6-17(22,16(20)21)13-19-8-10-23-11-9-19/h2-5,22H,1,6-13H2/t17-/m0/s1. The molecule has 1 atom stereocenters. The minimum absolute atomic E-state index is 0.223. The zero-order chi connectivity index (χ0) is 16.3. The van der Waals surface area contributed by atoms with E-state index in [0.717, 1.165) is 25.1 Å². The highest BCUT2D eigenvalue weighted by Crippen LogP contribution is 2.25. The third-order valence-electron chi connectivity index (χ3n) is 4.58. The normalized spacial score (nSPS) is 26.5. The van der Waals surface area contributed by atoms with Crippen LogP contribution in [0.15, 0.2) is 24.3 Å². The molecule has 2 fully saturated rings. The molecular weight excluding hydrogens is 299 g/mol. The van der Waals surface area contributed by atoms with Gasteiger partial charge in [0.15, 0.2) is 5.60 Å². The summed E-state index contributed by atoms with van der Waals surface area (Å²) in [7, 11) is 0. The first kappa shape index (κ1) is 16.4. The van der Waals surface area contributed by atoms with Gasteiger partial charge in [0, 0.05) is 32.7 Å². The third kappa shape index (κ3) is 3.88. The van der Waals surface area contributed by atoms with E-state index in [1.807, 2.05) is 0 Å². The van der Waals surface area contributed by atoms with E-state index in [-0.39, 0.29) is 11.7 Å². The van der Waals surface area contributed by atoms with Crippen LogP contribution in [0.25, 0.3) is 0 Å². The Hall–Kier alpha value is -1.50. The summed E-state index contributed by atoms with van der Waals surface area (Å²) in [5.74, 6) is -0.512. The number of carbonyl (C=O) groups is 1. The Morgan fingerprint density at radius 3 is 2.57 bits per heavy atom. The van der Waals surface area contributed by atoms with Crippen molar-refractivity contribution in [2.24, 2.45) is 0 Å². The average molecular weight is 322 g/mol. The van der Waals surface area contributed by atoms with Crippen LogP contribution in [0.3, 0.4) is 0 Å². The van der Waals surface area contributed by atoms with Gasteiger partial charge >= 0.3 is 0 Å². The summed E-state index contributed by atoms with van der Waals surface area (Å²) in [6.07, 6.45) is 1.26. The van der Waals surface area contributed by atoms with E-state index in [9.17, 15) is 14.3 Å². The first-order valence-electron chi connectivity index (χ1n) is 8.13. The Labute approximate surface area is 135 Å². The van der Waals surface area contributed by atoms with E-state index < -0.39 is 5.60 Å². The van der Waals surface area contributed by atoms with Crippen LogP contribution < -0.4 is 0 Å². The molecule has 1 aromatic rings. The van der Waals surface area contributed by atoms with Gasteiger partial charge in [-0.05, 0) is 30.5 Å². The number of hydrogen-bond acceptors (Lipinski definition) is 4. The zero-order valence-electron chi connectivity index (χ0n) is 13.2. The van der Waals surface area contributed by atoms with Crippen LogP contribution in [0.1, 0.15) is 18.4 Å². The predicted molar refractivity (Wildman–Crippen MR) is 83.3 cm³/mol. The second-order valence-corrected chi connectivity index (χ2v) is 6.38. The Morgan fingerprint density at radius 1 is 1.17 bits per heavy atom. The van der Waals surface area contributed by atoms with Crippen LogP contribution in [-0.2, 0) is 16.1 Å². The number of hydrogen-bond donors (Lipinski definition) is 1. The first-order chi connectivity index (χ1) is 11.1. The van der Waals surface area contributed by atoms with Crippen molar-refractivity contribution in [1.29, 1.82) is 0 Å². The fourth-order valence-electron chi connectivity index (χ4n) is 3.30. The van der Waals surface area contributed by atoms with E-state index in [4.69, 9.17) is 4.74 Å². The fraction of sp³-hybridized carbons (Fsp3) is 0.588. The highest BCUT2D eigenvalue weighted by molar-refractivity contribution is 5.86. The summed E-state index contributed by atoms with van der Waals surface area (Å²) >= 11 is 0. The molecule has 0 unspecified atom stereocenters. The Morgan fingerprint density at radius 2 is 1.87 bits per heavy atom. The molecule has 0 aliphatic carbocycles. The minimum atomic E-state index is -1.32. The SMILES string of the molecule is O=C1N(Cc2ccc(F)cc2)CCC[C@]1(O)CN1CCOCC1. The molecule has 3 rings (SSSR count). The molecule has 0 spiro atoms. The fourth-order valence-corrected chi connectivity index (χ4v) is 3.30. The molecule has 23 heavy (non-hydrogen) atoms. The molecule has 0 saturated carbocycles. The number of β-amino-alcohol motifs (C(OH)–C–C–N with tert-alkyl or cyclic N) is 1. The van der Waals surface area contributed by atoms with E-state index in [1.165, 1.54) is 12.1 Å². The lowest BCUT2D eigenvalue weighted by atomic mass is 9.90. The lowest BCUT2D eigenvalue weighted by Crippen LogP contribution is -2.59. The van der Waals surface area contributed by atoms with Crippen molar-refractivity contribution < 1.29 is 19.0 Å². The van der Waals surface area contributed by atoms with Gasteiger partial charge in [0.05, 0.1) is 13.2 Å². The second-order valence-electron chi connectivity index (χ2n) is 6.38. The smallest absolute Gasteiger partial charge is 0.256 e. The van der Waals surface area contributed by atoms with Crippen molar-refractivity contribution in [3.8, 4) is 0 Å². The number of aliphatic hydroxyl groups is 1. The lowest BCUT2D eigenvalue weighted by molar-refractivity contribution is -0.161. The molecule has 5 nitrogen and oxygen atoms in total. The molecule has 0 aromatic heterocycles. The van der Waals surface area contributed by atoms with Crippen LogP contribution in [0, 0.1) is 5.82 Å². The number of rotatable bonds is 4. The van der Waals surface area contributed by atoms with Gasteiger partial charge in [-0.3, -0.25) is 9.69 Å². The molecule has 2 saturated heterocycles. The summed E-state index contributed by atoms with van der Waals surface area (Å²) in [6, 6.07) is 6.14. The summed E-state index contributed by atoms with van der Waals surface area (Å²) < 4.78 is 18.3. The number of piperidine rings is 1. The molecule has 0 bridgehead atoms. The number of carbonyl (C=O) groups excluding carboxylic acids is 1. The summed E-state index contributed by atoms with van der Waals surface area (Å²) in [6.45, 7) is 4.16. The minimum Gasteiger partial charge on any atom is -0.379 e. The van der Waals surface area contributed by atoms with Crippen molar-refractivity contribution in [3.05, 3.63) is 35.6 Å². The molecule has 2 aliphatic rings. The van der Waals surface area contributed by atoms with Gasteiger partial charge < -0.3 is 14.7 Å². The van der Waals surface area contributed by atoms with Gasteiger partial charge in [0.2, 0.25) is 0 Å². The number of halogens is 1. The molecule has 2 aliphatic heterocycles. The Kier molecular flexibility index (Phi) is 4.94. The molecule has 0 radical (unpaired) electrons.